The molecule has 0 saturated heterocycles. The fraction of sp³-hybridized carbons (Fsp3) is 0.900. The zero-order chi connectivity index (χ0) is 10.9. The van der Waals surface area contributed by atoms with Crippen molar-refractivity contribution in [3.63, 3.8) is 0 Å². The first-order chi connectivity index (χ1) is 6.62. The summed E-state index contributed by atoms with van der Waals surface area (Å²) in [5, 5.41) is 0. The number of ether oxygens (including phenoxy) is 2. The highest BCUT2D eigenvalue weighted by Crippen LogP contribution is 2.21. The number of rotatable bonds is 8. The van der Waals surface area contributed by atoms with Crippen LogP contribution in [-0.4, -0.2) is 44.3 Å². The van der Waals surface area contributed by atoms with E-state index in [1.165, 1.54) is 0 Å². The molecule has 14 heavy (non-hydrogen) atoms. The van der Waals surface area contributed by atoms with Gasteiger partial charge >= 0.3 is 0 Å². The van der Waals surface area contributed by atoms with Crippen molar-refractivity contribution in [1.82, 2.24) is 0 Å². The normalized spacial score (nSPS) is 12.6. The van der Waals surface area contributed by atoms with Crippen LogP contribution in [0.3, 0.4) is 0 Å². The molecule has 0 N–H and O–H groups in total. The minimum atomic E-state index is -0.0319. The van der Waals surface area contributed by atoms with Crippen molar-refractivity contribution in [3.05, 3.63) is 0 Å². The molecule has 0 radical (unpaired) electrons. The molecule has 0 rings (SSSR count). The van der Waals surface area contributed by atoms with Crippen molar-refractivity contribution in [2.24, 2.45) is 4.99 Å². The molecule has 0 aliphatic carbocycles. The summed E-state index contributed by atoms with van der Waals surface area (Å²) in [6, 6.07) is 0. The van der Waals surface area contributed by atoms with Gasteiger partial charge in [-0.05, 0) is 26.5 Å². The number of aliphatic imine (C=N–C) groups is 1. The summed E-state index contributed by atoms with van der Waals surface area (Å²) in [5.41, 5.74) is 0. The standard InChI is InChI=1S/C10H21NO2S/c1-10(2,14-4)11-6-9-13-8-5-7-12-3/h6H,5,7-9H2,1-4H3/b11-6+. The van der Waals surface area contributed by atoms with E-state index in [9.17, 15) is 0 Å². The molecular formula is C10H21NO2S. The maximum absolute atomic E-state index is 5.34. The maximum Gasteiger partial charge on any atom is 0.0996 e. The van der Waals surface area contributed by atoms with Gasteiger partial charge in [0.05, 0.1) is 11.5 Å². The zero-order valence-electron chi connectivity index (χ0n) is 9.58. The van der Waals surface area contributed by atoms with Crippen LogP contribution in [0.15, 0.2) is 4.99 Å². The monoisotopic (exact) mass is 219 g/mol. The molecule has 0 amide bonds. The van der Waals surface area contributed by atoms with Crippen molar-refractivity contribution in [2.75, 3.05) is 33.2 Å². The van der Waals surface area contributed by atoms with Crippen LogP contribution in [-0.2, 0) is 9.47 Å². The molecule has 0 aromatic heterocycles. The van der Waals surface area contributed by atoms with Gasteiger partial charge in [0.1, 0.15) is 0 Å². The van der Waals surface area contributed by atoms with Crippen LogP contribution < -0.4 is 0 Å². The van der Waals surface area contributed by atoms with Gasteiger partial charge in [-0.2, -0.15) is 0 Å². The van der Waals surface area contributed by atoms with E-state index >= 15 is 0 Å². The zero-order valence-corrected chi connectivity index (χ0v) is 10.4. The lowest BCUT2D eigenvalue weighted by Gasteiger charge is -2.15. The smallest absolute Gasteiger partial charge is 0.0996 e. The van der Waals surface area contributed by atoms with Crippen molar-refractivity contribution in [1.29, 1.82) is 0 Å². The summed E-state index contributed by atoms with van der Waals surface area (Å²) in [4.78, 5) is 4.34. The summed E-state index contributed by atoms with van der Waals surface area (Å²) < 4.78 is 10.2. The third-order valence-electron chi connectivity index (χ3n) is 1.73. The van der Waals surface area contributed by atoms with Gasteiger partial charge in [-0.1, -0.05) is 0 Å². The van der Waals surface area contributed by atoms with Crippen LogP contribution in [0.5, 0.6) is 0 Å². The van der Waals surface area contributed by atoms with E-state index in [-0.39, 0.29) is 4.87 Å². The van der Waals surface area contributed by atoms with Crippen LogP contribution in [0, 0.1) is 0 Å². The molecular weight excluding hydrogens is 198 g/mol. The van der Waals surface area contributed by atoms with Gasteiger partial charge in [0, 0.05) is 26.5 Å². The average Bonchev–Trinajstić information content (AvgIpc) is 2.16. The molecule has 4 heteroatoms. The van der Waals surface area contributed by atoms with Crippen molar-refractivity contribution < 1.29 is 9.47 Å². The molecule has 0 bridgehead atoms. The molecule has 0 atom stereocenters. The highest BCUT2D eigenvalue weighted by Gasteiger charge is 2.10. The van der Waals surface area contributed by atoms with Crippen molar-refractivity contribution >= 4 is 18.0 Å². The van der Waals surface area contributed by atoms with E-state index in [2.05, 4.69) is 25.1 Å². The molecule has 0 aliphatic heterocycles. The van der Waals surface area contributed by atoms with Gasteiger partial charge in [-0.3, -0.25) is 4.99 Å². The van der Waals surface area contributed by atoms with Gasteiger partial charge < -0.3 is 9.47 Å². The molecule has 0 aromatic rings. The third-order valence-corrected chi connectivity index (χ3v) is 2.84. The molecule has 0 aromatic carbocycles. The van der Waals surface area contributed by atoms with E-state index in [4.69, 9.17) is 9.47 Å². The number of nitrogens with zero attached hydrogens (tertiary/aromatic N) is 1. The van der Waals surface area contributed by atoms with Gasteiger partial charge in [0.2, 0.25) is 0 Å². The van der Waals surface area contributed by atoms with Gasteiger partial charge in [-0.25, -0.2) is 0 Å². The predicted octanol–water partition coefficient (Wildman–Crippen LogP) is 2.21. The van der Waals surface area contributed by atoms with Crippen molar-refractivity contribution in [2.45, 2.75) is 25.1 Å². The fourth-order valence-corrected chi connectivity index (χ4v) is 0.931. The lowest BCUT2D eigenvalue weighted by atomic mass is 10.4. The first-order valence-corrected chi connectivity index (χ1v) is 6.00. The highest BCUT2D eigenvalue weighted by molar-refractivity contribution is 7.99. The summed E-state index contributed by atoms with van der Waals surface area (Å²) in [6.45, 7) is 6.25. The van der Waals surface area contributed by atoms with Gasteiger partial charge in [0.15, 0.2) is 0 Å². The summed E-state index contributed by atoms with van der Waals surface area (Å²) in [5.74, 6) is 0. The quantitative estimate of drug-likeness (QED) is 0.463. The summed E-state index contributed by atoms with van der Waals surface area (Å²) in [7, 11) is 1.70. The Morgan fingerprint density at radius 2 is 2.07 bits per heavy atom. The average molecular weight is 219 g/mol. The largest absolute Gasteiger partial charge is 0.385 e. The first-order valence-electron chi connectivity index (χ1n) is 4.78. The fourth-order valence-electron chi connectivity index (χ4n) is 0.751. The minimum absolute atomic E-state index is 0.0319. The number of hydrogen-bond acceptors (Lipinski definition) is 4. The lowest BCUT2D eigenvalue weighted by Crippen LogP contribution is -2.11. The molecule has 0 spiro atoms. The lowest BCUT2D eigenvalue weighted by molar-refractivity contribution is 0.126. The Morgan fingerprint density at radius 3 is 2.64 bits per heavy atom. The minimum Gasteiger partial charge on any atom is -0.385 e. The molecule has 0 fully saturated rings. The molecule has 0 unspecified atom stereocenters. The van der Waals surface area contributed by atoms with E-state index in [1.807, 2.05) is 6.21 Å². The van der Waals surface area contributed by atoms with E-state index in [0.29, 0.717) is 6.61 Å². The second-order valence-corrected chi connectivity index (χ2v) is 4.79. The SMILES string of the molecule is COCCCOC/C=N/C(C)(C)SC. The summed E-state index contributed by atoms with van der Waals surface area (Å²) in [6.07, 6.45) is 4.83. The topological polar surface area (TPSA) is 30.8 Å². The number of methoxy groups -OCH3 is 1. The van der Waals surface area contributed by atoms with Gasteiger partial charge in [-0.15, -0.1) is 11.8 Å². The van der Waals surface area contributed by atoms with Crippen LogP contribution in [0.4, 0.5) is 0 Å². The Hall–Kier alpha value is -0.0600. The van der Waals surface area contributed by atoms with Gasteiger partial charge in [0.25, 0.3) is 0 Å². The van der Waals surface area contributed by atoms with E-state index < -0.39 is 0 Å². The number of hydrogen-bond donors (Lipinski definition) is 0. The molecule has 0 aliphatic rings. The van der Waals surface area contributed by atoms with Crippen LogP contribution >= 0.6 is 11.8 Å². The van der Waals surface area contributed by atoms with Crippen LogP contribution in [0.2, 0.25) is 0 Å². The van der Waals surface area contributed by atoms with E-state index in [0.717, 1.165) is 19.6 Å². The Bertz CT molecular complexity index is 160. The Balaban J connectivity index is 3.35. The predicted molar refractivity (Wildman–Crippen MR) is 63.4 cm³/mol. The maximum atomic E-state index is 5.34. The third kappa shape index (κ3) is 8.53. The van der Waals surface area contributed by atoms with E-state index in [1.54, 1.807) is 18.9 Å². The number of thioether (sulfide) groups is 1. The molecule has 84 valence electrons. The Labute approximate surface area is 91.3 Å². The second kappa shape index (κ2) is 8.26. The Morgan fingerprint density at radius 1 is 1.36 bits per heavy atom. The second-order valence-electron chi connectivity index (χ2n) is 3.38. The van der Waals surface area contributed by atoms with Crippen LogP contribution in [0.25, 0.3) is 0 Å². The summed E-state index contributed by atoms with van der Waals surface area (Å²) >= 11 is 1.73. The van der Waals surface area contributed by atoms with Crippen LogP contribution in [0.1, 0.15) is 20.3 Å². The molecule has 0 saturated carbocycles. The van der Waals surface area contributed by atoms with Crippen molar-refractivity contribution in [3.8, 4) is 0 Å². The molecule has 3 nitrogen and oxygen atoms in total. The Kier molecular flexibility index (Phi) is 8.23. The highest BCUT2D eigenvalue weighted by atomic mass is 32.2. The molecule has 0 heterocycles. The first kappa shape index (κ1) is 13.9.